The first-order valence-electron chi connectivity index (χ1n) is 10.9. The molecule has 0 saturated carbocycles. The van der Waals surface area contributed by atoms with Gasteiger partial charge in [-0.2, -0.15) is 42.1 Å². The minimum atomic E-state index is -1.17. The van der Waals surface area contributed by atoms with Crippen molar-refractivity contribution in [2.24, 2.45) is 5.41 Å². The van der Waals surface area contributed by atoms with Crippen molar-refractivity contribution in [1.29, 1.82) is 0 Å². The molecule has 0 aromatic heterocycles. The van der Waals surface area contributed by atoms with E-state index in [1.807, 2.05) is 20.1 Å². The Hall–Kier alpha value is 0.473. The molecule has 39 heavy (non-hydrogen) atoms. The Morgan fingerprint density at radius 2 is 1.69 bits per heavy atom. The molecular weight excluding hydrogens is 597 g/mol. The minimum absolute atomic E-state index is 0. The molecule has 0 aliphatic rings. The Kier molecular flexibility index (Phi) is 21.8. The van der Waals surface area contributed by atoms with E-state index in [2.05, 4.69) is 26.8 Å². The number of nitrogens with zero attached hydrogens (tertiary/aromatic N) is 1. The van der Waals surface area contributed by atoms with Gasteiger partial charge in [0, 0.05) is 18.7 Å². The van der Waals surface area contributed by atoms with E-state index >= 15 is 0 Å². The number of hydrogen-bond acceptors (Lipinski definition) is 3. The van der Waals surface area contributed by atoms with Crippen LogP contribution in [0, 0.1) is 38.1 Å². The van der Waals surface area contributed by atoms with Crippen LogP contribution in [-0.2, 0) is 4.79 Å². The van der Waals surface area contributed by atoms with Gasteiger partial charge >= 0.3 is 103 Å². The quantitative estimate of drug-likeness (QED) is 0.343. The number of hydrogen-bond donors (Lipinski definition) is 1. The van der Waals surface area contributed by atoms with Crippen LogP contribution in [0.25, 0.3) is 11.1 Å². The number of carbonyl (C=O) groups is 1. The van der Waals surface area contributed by atoms with Crippen LogP contribution in [0.15, 0.2) is 54.6 Å². The van der Waals surface area contributed by atoms with Crippen LogP contribution in [0.5, 0.6) is 0 Å². The smallest absolute Gasteiger partial charge is 0.399 e. The summed E-state index contributed by atoms with van der Waals surface area (Å²) in [6, 6.07) is 16.9. The maximum Gasteiger partial charge on any atom is 1.00 e. The largest absolute Gasteiger partial charge is 1.00 e. The summed E-state index contributed by atoms with van der Waals surface area (Å²) in [6.07, 6.45) is 0.651. The molecule has 3 aromatic carbocycles. The summed E-state index contributed by atoms with van der Waals surface area (Å²) in [5, 5.41) is 8.85. The second-order valence-electron chi connectivity index (χ2n) is 8.64. The van der Waals surface area contributed by atoms with Crippen LogP contribution in [-0.4, -0.2) is 37.1 Å². The van der Waals surface area contributed by atoms with Gasteiger partial charge in [-0.3, -0.25) is 4.79 Å². The van der Waals surface area contributed by atoms with E-state index in [0.717, 1.165) is 0 Å². The number of aliphatic hydroxyl groups excluding tert-OH is 1. The molecule has 0 fully saturated rings. The van der Waals surface area contributed by atoms with E-state index in [-0.39, 0.29) is 125 Å². The third kappa shape index (κ3) is 15.0. The Balaban J connectivity index is 0. The van der Waals surface area contributed by atoms with Gasteiger partial charge in [0.15, 0.2) is 0 Å². The second kappa shape index (κ2) is 20.4. The van der Waals surface area contributed by atoms with Crippen molar-refractivity contribution in [3.05, 3.63) is 108 Å². The predicted octanol–water partition coefficient (Wildman–Crippen LogP) is 1.17. The normalized spacial score (nSPS) is 10.1. The van der Waals surface area contributed by atoms with Crippen molar-refractivity contribution in [1.82, 2.24) is 0 Å². The van der Waals surface area contributed by atoms with Crippen molar-refractivity contribution in [2.75, 3.05) is 18.6 Å². The van der Waals surface area contributed by atoms with Crippen LogP contribution in [0.2, 0.25) is 10.0 Å². The zero-order chi connectivity index (χ0) is 28.3. The monoisotopic (exact) mass is 624 g/mol. The number of carbonyl (C=O) groups excluding carboxylic acids is 2. The number of amides is 1. The second-order valence-corrected chi connectivity index (χ2v) is 9.45. The summed E-state index contributed by atoms with van der Waals surface area (Å²) >= 11 is 12.2. The third-order valence-electron chi connectivity index (χ3n) is 4.46. The van der Waals surface area contributed by atoms with Crippen LogP contribution >= 0.6 is 23.2 Å². The first-order valence-corrected chi connectivity index (χ1v) is 11.7. The molecule has 0 radical (unpaired) electrons. The van der Waals surface area contributed by atoms with Crippen LogP contribution < -0.4 is 108 Å². The van der Waals surface area contributed by atoms with Crippen molar-refractivity contribution in [2.45, 2.75) is 20.0 Å². The van der Waals surface area contributed by atoms with Gasteiger partial charge in [0.1, 0.15) is 5.82 Å². The van der Waals surface area contributed by atoms with E-state index in [1.165, 1.54) is 30.1 Å². The number of rotatable bonds is 5. The third-order valence-corrected chi connectivity index (χ3v) is 5.11. The molecular formula is C29H28Cl2F2K2NO3-3. The molecule has 10 heteroatoms. The number of aliphatic hydroxyl groups is 1. The molecule has 3 aromatic rings. The summed E-state index contributed by atoms with van der Waals surface area (Å²) in [7, 11) is 1.51. The standard InChI is InChI=1S/C21H12Cl2FNO2.C5H11O.C3H5F.2K/c1-25(21(27)20-18(23)3-2-4-19(20)24)15-8-6-14(7-9-15)16-11-13(12-26)5-10-17(16)22;1-5(2,3)4-6;1-3(2)4;;/h2-8,10-11H,1H3;6H,1,4H2,2-3H3;3H,1-2H2;;/q-2;-1;-2;2*+1. The molecule has 200 valence electrons. The van der Waals surface area contributed by atoms with E-state index in [0.29, 0.717) is 27.4 Å². The number of alkyl halides is 1. The van der Waals surface area contributed by atoms with Gasteiger partial charge in [0.05, 0.1) is 16.9 Å². The first kappa shape index (κ1) is 41.6. The predicted molar refractivity (Wildman–Crippen MR) is 146 cm³/mol. The van der Waals surface area contributed by atoms with E-state index < -0.39 is 17.9 Å². The van der Waals surface area contributed by atoms with Gasteiger partial charge in [-0.15, -0.1) is 28.7 Å². The summed E-state index contributed by atoms with van der Waals surface area (Å²) in [6.45, 7) is 13.3. The average molecular weight is 626 g/mol. The van der Waals surface area contributed by atoms with Crippen LogP contribution in [0.3, 0.4) is 0 Å². The molecule has 0 spiro atoms. The van der Waals surface area contributed by atoms with Crippen LogP contribution in [0.1, 0.15) is 29.8 Å². The molecule has 0 aliphatic heterocycles. The van der Waals surface area contributed by atoms with Crippen molar-refractivity contribution in [3.8, 4) is 11.1 Å². The van der Waals surface area contributed by atoms with Crippen molar-refractivity contribution >= 4 is 41.1 Å². The zero-order valence-electron chi connectivity index (χ0n) is 22.8. The van der Waals surface area contributed by atoms with Gasteiger partial charge in [-0.25, -0.2) is 4.39 Å². The fourth-order valence-corrected chi connectivity index (χ4v) is 3.05. The minimum Gasteiger partial charge on any atom is -0.399 e. The van der Waals surface area contributed by atoms with Gasteiger partial charge in [-0.1, -0.05) is 48.8 Å². The summed E-state index contributed by atoms with van der Waals surface area (Å²) in [4.78, 5) is 24.7. The SMILES string of the molecule is CN(C(=O)c1c(F)cccc1Cl)c1[c-]cc(-c2cc([C-]=O)ccc2Cl)cc1.[CH2-]C(C)(C)CO.[CH2-]C([CH2-])F.[K+].[K+]. The number of anilines is 1. The Labute approximate surface area is 325 Å². The molecule has 3 rings (SSSR count). The summed E-state index contributed by atoms with van der Waals surface area (Å²) in [5.74, 6) is -1.28. The maximum absolute atomic E-state index is 14.0. The number of benzene rings is 3. The van der Waals surface area contributed by atoms with Gasteiger partial charge < -0.3 is 40.0 Å². The average Bonchev–Trinajstić information content (AvgIpc) is 2.83. The Bertz CT molecular complexity index is 1170. The van der Waals surface area contributed by atoms with Gasteiger partial charge in [0.25, 0.3) is 5.91 Å². The Morgan fingerprint density at radius 1 is 1.13 bits per heavy atom. The first-order chi connectivity index (χ1) is 17.2. The summed E-state index contributed by atoms with van der Waals surface area (Å²) < 4.78 is 24.8. The zero-order valence-corrected chi connectivity index (χ0v) is 30.6. The molecule has 0 aliphatic carbocycles. The fraction of sp³-hybridized carbons (Fsp3) is 0.207. The Morgan fingerprint density at radius 3 is 2.13 bits per heavy atom. The van der Waals surface area contributed by atoms with E-state index in [9.17, 15) is 18.4 Å². The fourth-order valence-electron chi connectivity index (χ4n) is 2.58. The molecule has 0 unspecified atom stereocenters. The van der Waals surface area contributed by atoms with E-state index in [4.69, 9.17) is 28.3 Å². The number of halogens is 4. The molecule has 0 heterocycles. The molecule has 0 atom stereocenters. The topological polar surface area (TPSA) is 57.6 Å². The summed E-state index contributed by atoms with van der Waals surface area (Å²) in [5.41, 5.74) is 1.81. The maximum atomic E-state index is 14.0. The van der Waals surface area contributed by atoms with E-state index in [1.54, 1.807) is 36.4 Å². The molecule has 4 nitrogen and oxygen atoms in total. The van der Waals surface area contributed by atoms with Crippen molar-refractivity contribution < 1.29 is 126 Å². The van der Waals surface area contributed by atoms with Gasteiger partial charge in [-0.05, 0) is 12.1 Å². The van der Waals surface area contributed by atoms with Crippen molar-refractivity contribution in [3.63, 3.8) is 0 Å². The molecule has 1 N–H and O–H groups in total. The van der Waals surface area contributed by atoms with Crippen LogP contribution in [0.4, 0.5) is 14.5 Å². The van der Waals surface area contributed by atoms with Gasteiger partial charge in [0.2, 0.25) is 0 Å². The molecule has 0 bridgehead atoms. The molecule has 1 amide bonds. The molecule has 0 saturated heterocycles.